The Morgan fingerprint density at radius 2 is 0.692 bits per heavy atom. The molecule has 1 aliphatic carbocycles. The molecule has 13 heavy (non-hydrogen) atoms. The lowest BCUT2D eigenvalue weighted by atomic mass is 10.4. The zero-order valence-electron chi connectivity index (χ0n) is 7.14. The maximum atomic E-state index is 8.74. The van der Waals surface area contributed by atoms with Crippen LogP contribution in [-0.2, 0) is 9.13 Å². The predicted octanol–water partition coefficient (Wildman–Crippen LogP) is 0.672. The summed E-state index contributed by atoms with van der Waals surface area (Å²) in [6.07, 6.45) is 7.50. The third kappa shape index (κ3) is 46.5. The van der Waals surface area contributed by atoms with Crippen molar-refractivity contribution in [1.82, 2.24) is 0 Å². The van der Waals surface area contributed by atoms with Gasteiger partial charge in [0.1, 0.15) is 0 Å². The summed E-state index contributed by atoms with van der Waals surface area (Å²) in [5.74, 6) is 0. The monoisotopic (exact) mass is 234 g/mol. The quantitative estimate of drug-likeness (QED) is 0.458. The Labute approximate surface area is 78.1 Å². The highest BCUT2D eigenvalue weighted by molar-refractivity contribution is 7.31. The molecule has 1 rings (SSSR count). The molecule has 82 valence electrons. The van der Waals surface area contributed by atoms with E-state index in [1.807, 2.05) is 0 Å². The van der Waals surface area contributed by atoms with Crippen molar-refractivity contribution < 1.29 is 28.7 Å². The minimum Gasteiger partial charge on any atom is -0.326 e. The van der Waals surface area contributed by atoms with Gasteiger partial charge in [-0.15, -0.1) is 0 Å². The molecule has 1 fully saturated rings. The average molecular weight is 234 g/mol. The third-order valence-corrected chi connectivity index (χ3v) is 1.25. The lowest BCUT2D eigenvalue weighted by Crippen LogP contribution is -1.47. The molecule has 1 saturated carbocycles. The summed E-state index contributed by atoms with van der Waals surface area (Å²) in [5, 5.41) is 0. The lowest BCUT2D eigenvalue weighted by Gasteiger charge is -1.67. The first kappa shape index (κ1) is 15.8. The van der Waals surface area contributed by atoms with Crippen LogP contribution in [0.5, 0.6) is 0 Å². The van der Waals surface area contributed by atoms with Gasteiger partial charge in [-0.1, -0.05) is 32.1 Å². The Morgan fingerprint density at radius 3 is 0.769 bits per heavy atom. The second-order valence-electron chi connectivity index (χ2n) is 2.33. The van der Waals surface area contributed by atoms with Crippen LogP contribution in [0.25, 0.3) is 0 Å². The Hall–Kier alpha value is 0.300. The van der Waals surface area contributed by atoms with Gasteiger partial charge in [0.2, 0.25) is 0 Å². The van der Waals surface area contributed by atoms with Gasteiger partial charge in [0.05, 0.1) is 0 Å². The van der Waals surface area contributed by atoms with Gasteiger partial charge >= 0.3 is 16.5 Å². The summed E-state index contributed by atoms with van der Waals surface area (Å²) < 4.78 is 17.5. The second-order valence-corrected chi connectivity index (χ2v) is 3.46. The molecule has 0 radical (unpaired) electrons. The lowest BCUT2D eigenvalue weighted by molar-refractivity contribution is 0.403. The minimum absolute atomic E-state index is 1.50. The van der Waals surface area contributed by atoms with Crippen molar-refractivity contribution in [3.8, 4) is 0 Å². The van der Waals surface area contributed by atoms with Crippen molar-refractivity contribution in [3.63, 3.8) is 0 Å². The molecule has 0 spiro atoms. The molecular weight excluding hydrogens is 218 g/mol. The highest BCUT2D eigenvalue weighted by Gasteiger charge is 1.95. The summed E-state index contributed by atoms with van der Waals surface area (Å²) in [6, 6.07) is 0. The normalized spacial score (nSPS) is 14.6. The summed E-state index contributed by atoms with van der Waals surface area (Å²) >= 11 is 0. The van der Waals surface area contributed by atoms with Gasteiger partial charge in [0, 0.05) is 0 Å². The van der Waals surface area contributed by atoms with Crippen LogP contribution in [0.1, 0.15) is 32.1 Å². The van der Waals surface area contributed by atoms with Gasteiger partial charge in [-0.2, -0.15) is 0 Å². The van der Waals surface area contributed by atoms with E-state index in [0.29, 0.717) is 0 Å². The summed E-state index contributed by atoms with van der Waals surface area (Å²) in [7, 11) is -6.26. The molecule has 0 unspecified atom stereocenters. The topological polar surface area (TPSA) is 115 Å². The largest absolute Gasteiger partial charge is 0.326 e. The maximum Gasteiger partial charge on any atom is 0.314 e. The molecule has 0 aromatic heterocycles. The summed E-state index contributed by atoms with van der Waals surface area (Å²) in [6.45, 7) is 0. The van der Waals surface area contributed by atoms with Crippen LogP contribution in [-0.4, -0.2) is 19.6 Å². The van der Waals surface area contributed by atoms with E-state index in [1.54, 1.807) is 0 Å². The van der Waals surface area contributed by atoms with Crippen molar-refractivity contribution in [2.75, 3.05) is 0 Å². The minimum atomic E-state index is -3.13. The van der Waals surface area contributed by atoms with Crippen molar-refractivity contribution in [2.24, 2.45) is 0 Å². The van der Waals surface area contributed by atoms with Gasteiger partial charge < -0.3 is 19.6 Å². The van der Waals surface area contributed by atoms with Crippen molar-refractivity contribution in [1.29, 1.82) is 0 Å². The first-order chi connectivity index (χ1) is 5.96. The highest BCUT2D eigenvalue weighted by Crippen LogP contribution is 2.15. The standard InChI is InChI=1S/C5H10.2H3O3P/c1-2-4-5-3-1;2*1-4(2)3/h1-5H2;2*4H,(H2,1,2,3). The molecule has 6 nitrogen and oxygen atoms in total. The van der Waals surface area contributed by atoms with E-state index in [9.17, 15) is 0 Å². The summed E-state index contributed by atoms with van der Waals surface area (Å²) in [4.78, 5) is 28.6. The zero-order chi connectivity index (χ0) is 10.7. The van der Waals surface area contributed by atoms with Crippen LogP contribution in [0.4, 0.5) is 0 Å². The molecule has 0 atom stereocenters. The number of rotatable bonds is 0. The van der Waals surface area contributed by atoms with Gasteiger partial charge in [0.25, 0.3) is 0 Å². The van der Waals surface area contributed by atoms with Gasteiger partial charge in [0.15, 0.2) is 0 Å². The molecule has 0 heterocycles. The molecule has 1 aliphatic rings. The van der Waals surface area contributed by atoms with E-state index < -0.39 is 16.5 Å². The number of hydrogen-bond acceptors (Lipinski definition) is 2. The Balaban J connectivity index is 0. The van der Waals surface area contributed by atoms with Crippen molar-refractivity contribution >= 4 is 16.5 Å². The fourth-order valence-electron chi connectivity index (χ4n) is 0.884. The first-order valence-electron chi connectivity index (χ1n) is 3.80. The molecule has 0 bridgehead atoms. The molecule has 0 aromatic rings. The zero-order valence-corrected chi connectivity index (χ0v) is 9.14. The molecular formula is C5H16O6P2. The van der Waals surface area contributed by atoms with Crippen molar-refractivity contribution in [2.45, 2.75) is 32.1 Å². The average Bonchev–Trinajstić information content (AvgIpc) is 2.35. The first-order valence-corrected chi connectivity index (χ1v) is 6.41. The van der Waals surface area contributed by atoms with Crippen molar-refractivity contribution in [3.05, 3.63) is 0 Å². The second kappa shape index (κ2) is 12.3. The van der Waals surface area contributed by atoms with E-state index in [-0.39, 0.29) is 0 Å². The SMILES string of the molecule is C1CCCC1.O=[PH](O)O.O=[PH](O)O. The van der Waals surface area contributed by atoms with Crippen LogP contribution in [0.3, 0.4) is 0 Å². The van der Waals surface area contributed by atoms with E-state index >= 15 is 0 Å². The Kier molecular flexibility index (Phi) is 14.9. The fourth-order valence-corrected chi connectivity index (χ4v) is 0.884. The highest BCUT2D eigenvalue weighted by atomic mass is 31.1. The van der Waals surface area contributed by atoms with E-state index in [4.69, 9.17) is 28.7 Å². The molecule has 8 heteroatoms. The molecule has 0 amide bonds. The van der Waals surface area contributed by atoms with Crippen LogP contribution >= 0.6 is 16.5 Å². The maximum absolute atomic E-state index is 8.74. The molecule has 0 aromatic carbocycles. The summed E-state index contributed by atoms with van der Waals surface area (Å²) in [5.41, 5.74) is 0. The molecule has 0 saturated heterocycles. The predicted molar refractivity (Wildman–Crippen MR) is 50.0 cm³/mol. The smallest absolute Gasteiger partial charge is 0.314 e. The van der Waals surface area contributed by atoms with E-state index in [0.717, 1.165) is 0 Å². The van der Waals surface area contributed by atoms with Gasteiger partial charge in [-0.25, -0.2) is 0 Å². The van der Waals surface area contributed by atoms with E-state index in [2.05, 4.69) is 0 Å². The fraction of sp³-hybridized carbons (Fsp3) is 1.00. The van der Waals surface area contributed by atoms with E-state index in [1.165, 1.54) is 32.1 Å². The Morgan fingerprint density at radius 1 is 0.615 bits per heavy atom. The Bertz CT molecular complexity index is 118. The third-order valence-electron chi connectivity index (χ3n) is 1.25. The number of hydrogen-bond donors (Lipinski definition) is 4. The van der Waals surface area contributed by atoms with Crippen LogP contribution < -0.4 is 0 Å². The van der Waals surface area contributed by atoms with Crippen LogP contribution in [0.2, 0.25) is 0 Å². The van der Waals surface area contributed by atoms with Crippen LogP contribution in [0.15, 0.2) is 0 Å². The van der Waals surface area contributed by atoms with Crippen LogP contribution in [0, 0.1) is 0 Å². The van der Waals surface area contributed by atoms with Gasteiger partial charge in [-0.05, 0) is 0 Å². The molecule has 0 aliphatic heterocycles. The molecule has 4 N–H and O–H groups in total. The van der Waals surface area contributed by atoms with Gasteiger partial charge in [-0.3, -0.25) is 9.13 Å².